The first-order valence-corrected chi connectivity index (χ1v) is 7.67. The summed E-state index contributed by atoms with van der Waals surface area (Å²) in [4.78, 5) is 35.1. The van der Waals surface area contributed by atoms with E-state index in [0.717, 1.165) is 12.1 Å². The zero-order valence-electron chi connectivity index (χ0n) is 14.0. The molecule has 2 amide bonds. The Hall–Kier alpha value is -3.36. The number of nitrogens with one attached hydrogen (secondary N) is 1. The fourth-order valence-corrected chi connectivity index (χ4v) is 2.13. The molecule has 0 saturated carbocycles. The van der Waals surface area contributed by atoms with Gasteiger partial charge >= 0.3 is 12.1 Å². The molecule has 0 fully saturated rings. The maximum absolute atomic E-state index is 13.0. The fourth-order valence-electron chi connectivity index (χ4n) is 2.13. The molecule has 0 bridgehead atoms. The van der Waals surface area contributed by atoms with Gasteiger partial charge in [0.25, 0.3) is 5.91 Å². The van der Waals surface area contributed by atoms with Gasteiger partial charge in [-0.05, 0) is 43.3 Å². The third kappa shape index (κ3) is 5.06. The summed E-state index contributed by atoms with van der Waals surface area (Å²) >= 11 is 0. The first-order valence-electron chi connectivity index (χ1n) is 7.67. The molecule has 0 aliphatic carbocycles. The number of nitrogens with two attached hydrogens (primary N) is 1. The second-order valence-corrected chi connectivity index (χ2v) is 5.52. The average molecular weight is 380 g/mol. The Morgan fingerprint density at radius 1 is 1.00 bits per heavy atom. The first-order chi connectivity index (χ1) is 12.6. The second-order valence-electron chi connectivity index (χ2n) is 5.52. The molecule has 27 heavy (non-hydrogen) atoms. The smallest absolute Gasteiger partial charge is 0.418 e. The molecule has 0 aromatic heterocycles. The van der Waals surface area contributed by atoms with Gasteiger partial charge in [0, 0.05) is 5.56 Å². The number of halogens is 3. The van der Waals surface area contributed by atoms with Crippen LogP contribution in [0.5, 0.6) is 0 Å². The fraction of sp³-hybridized carbons (Fsp3) is 0.167. The summed E-state index contributed by atoms with van der Waals surface area (Å²) < 4.78 is 43.8. The summed E-state index contributed by atoms with van der Waals surface area (Å²) in [5.74, 6) is -2.47. The van der Waals surface area contributed by atoms with Crippen molar-refractivity contribution < 1.29 is 32.3 Å². The maximum Gasteiger partial charge on any atom is 0.418 e. The van der Waals surface area contributed by atoms with Crippen LogP contribution in [0, 0.1) is 0 Å². The predicted molar refractivity (Wildman–Crippen MR) is 89.9 cm³/mol. The van der Waals surface area contributed by atoms with Crippen LogP contribution >= 0.6 is 0 Å². The average Bonchev–Trinajstić information content (AvgIpc) is 2.61. The van der Waals surface area contributed by atoms with Crippen LogP contribution in [0.1, 0.15) is 33.2 Å². The number of hydrogen-bond acceptors (Lipinski definition) is 4. The summed E-state index contributed by atoms with van der Waals surface area (Å²) in [7, 11) is 0. The van der Waals surface area contributed by atoms with Gasteiger partial charge in [-0.3, -0.25) is 9.59 Å². The van der Waals surface area contributed by atoms with Gasteiger partial charge in [-0.2, -0.15) is 13.2 Å². The quantitative estimate of drug-likeness (QED) is 0.779. The van der Waals surface area contributed by atoms with Crippen molar-refractivity contribution in [2.24, 2.45) is 5.73 Å². The van der Waals surface area contributed by atoms with Crippen LogP contribution in [0.15, 0.2) is 48.5 Å². The lowest BCUT2D eigenvalue weighted by Crippen LogP contribution is -2.30. The molecule has 0 heterocycles. The standard InChI is InChI=1S/C18H15F3N2O4/c1-10(27-17(26)12-8-6-11(7-9-12)15(22)24)16(25)23-14-5-3-2-4-13(14)18(19,20)21/h2-10H,1H3,(H2,22,24)(H,23,25). The molecule has 2 aromatic rings. The van der Waals surface area contributed by atoms with Gasteiger partial charge in [0.15, 0.2) is 6.10 Å². The summed E-state index contributed by atoms with van der Waals surface area (Å²) in [5.41, 5.74) is 3.87. The number of esters is 1. The Kier molecular flexibility index (Phi) is 5.84. The lowest BCUT2D eigenvalue weighted by molar-refractivity contribution is -0.137. The normalized spacial score (nSPS) is 12.1. The van der Waals surface area contributed by atoms with Gasteiger partial charge in [-0.25, -0.2) is 4.79 Å². The molecule has 0 aliphatic rings. The molecule has 1 atom stereocenters. The molecule has 6 nitrogen and oxygen atoms in total. The number of benzene rings is 2. The molecule has 142 valence electrons. The number of carbonyl (C=O) groups excluding carboxylic acids is 3. The summed E-state index contributed by atoms with van der Waals surface area (Å²) in [6, 6.07) is 9.63. The van der Waals surface area contributed by atoms with E-state index in [-0.39, 0.29) is 11.1 Å². The van der Waals surface area contributed by atoms with E-state index in [1.807, 2.05) is 0 Å². The highest BCUT2D eigenvalue weighted by Gasteiger charge is 2.34. The molecule has 2 aromatic carbocycles. The highest BCUT2D eigenvalue weighted by molar-refractivity contribution is 5.98. The van der Waals surface area contributed by atoms with Crippen molar-refractivity contribution in [2.45, 2.75) is 19.2 Å². The van der Waals surface area contributed by atoms with Crippen molar-refractivity contribution in [2.75, 3.05) is 5.32 Å². The van der Waals surface area contributed by atoms with E-state index in [0.29, 0.717) is 0 Å². The van der Waals surface area contributed by atoms with E-state index in [4.69, 9.17) is 10.5 Å². The molecular weight excluding hydrogens is 365 g/mol. The molecule has 3 N–H and O–H groups in total. The van der Waals surface area contributed by atoms with Crippen LogP contribution < -0.4 is 11.1 Å². The number of primary amides is 1. The number of rotatable bonds is 5. The minimum absolute atomic E-state index is 0.0512. The Balaban J connectivity index is 2.06. The van der Waals surface area contributed by atoms with Crippen molar-refractivity contribution >= 4 is 23.5 Å². The topological polar surface area (TPSA) is 98.5 Å². The number of alkyl halides is 3. The van der Waals surface area contributed by atoms with E-state index in [9.17, 15) is 27.6 Å². The van der Waals surface area contributed by atoms with Gasteiger partial charge < -0.3 is 15.8 Å². The zero-order chi connectivity index (χ0) is 20.2. The summed E-state index contributed by atoms with van der Waals surface area (Å²) in [6.07, 6.45) is -6.00. The number of ether oxygens (including phenoxy) is 1. The van der Waals surface area contributed by atoms with Crippen LogP contribution in [-0.4, -0.2) is 23.9 Å². The van der Waals surface area contributed by atoms with E-state index >= 15 is 0 Å². The number of carbonyl (C=O) groups is 3. The molecule has 0 aliphatic heterocycles. The molecule has 1 unspecified atom stereocenters. The summed E-state index contributed by atoms with van der Waals surface area (Å²) in [6.45, 7) is 1.22. The predicted octanol–water partition coefficient (Wildman–Crippen LogP) is 2.99. The number of hydrogen-bond donors (Lipinski definition) is 2. The number of para-hydroxylation sites is 1. The highest BCUT2D eigenvalue weighted by atomic mass is 19.4. The van der Waals surface area contributed by atoms with Crippen LogP contribution in [-0.2, 0) is 15.7 Å². The van der Waals surface area contributed by atoms with Crippen LogP contribution in [0.2, 0.25) is 0 Å². The number of anilines is 1. The van der Waals surface area contributed by atoms with Crippen LogP contribution in [0.25, 0.3) is 0 Å². The summed E-state index contributed by atoms with van der Waals surface area (Å²) in [5, 5.41) is 2.10. The highest BCUT2D eigenvalue weighted by Crippen LogP contribution is 2.34. The molecule has 0 radical (unpaired) electrons. The first kappa shape index (κ1) is 20.0. The van der Waals surface area contributed by atoms with Gasteiger partial charge in [0.05, 0.1) is 16.8 Å². The Morgan fingerprint density at radius 2 is 1.56 bits per heavy atom. The van der Waals surface area contributed by atoms with Crippen molar-refractivity contribution in [1.29, 1.82) is 0 Å². The van der Waals surface area contributed by atoms with Crippen LogP contribution in [0.4, 0.5) is 18.9 Å². The van der Waals surface area contributed by atoms with E-state index in [2.05, 4.69) is 5.32 Å². The van der Waals surface area contributed by atoms with E-state index in [1.165, 1.54) is 43.3 Å². The van der Waals surface area contributed by atoms with Gasteiger partial charge in [0.1, 0.15) is 0 Å². The monoisotopic (exact) mass is 380 g/mol. The number of amides is 2. The third-order valence-corrected chi connectivity index (χ3v) is 3.55. The zero-order valence-corrected chi connectivity index (χ0v) is 14.0. The second kappa shape index (κ2) is 7.90. The lowest BCUT2D eigenvalue weighted by atomic mass is 10.1. The van der Waals surface area contributed by atoms with Gasteiger partial charge in [-0.1, -0.05) is 12.1 Å². The molecule has 2 rings (SSSR count). The minimum atomic E-state index is -4.65. The molecule has 0 saturated heterocycles. The van der Waals surface area contributed by atoms with Gasteiger partial charge in [0.2, 0.25) is 5.91 Å². The molecule has 9 heteroatoms. The lowest BCUT2D eigenvalue weighted by Gasteiger charge is -2.16. The molecular formula is C18H15F3N2O4. The Morgan fingerprint density at radius 3 is 2.11 bits per heavy atom. The minimum Gasteiger partial charge on any atom is -0.449 e. The third-order valence-electron chi connectivity index (χ3n) is 3.55. The maximum atomic E-state index is 13.0. The van der Waals surface area contributed by atoms with Crippen molar-refractivity contribution in [3.05, 3.63) is 65.2 Å². The largest absolute Gasteiger partial charge is 0.449 e. The Bertz CT molecular complexity index is 864. The van der Waals surface area contributed by atoms with E-state index < -0.39 is 41.3 Å². The SMILES string of the molecule is CC(OC(=O)c1ccc(C(N)=O)cc1)C(=O)Nc1ccccc1C(F)(F)F. The van der Waals surface area contributed by atoms with Crippen molar-refractivity contribution in [3.8, 4) is 0 Å². The van der Waals surface area contributed by atoms with Crippen LogP contribution in [0.3, 0.4) is 0 Å². The van der Waals surface area contributed by atoms with Crippen molar-refractivity contribution in [3.63, 3.8) is 0 Å². The Labute approximate surface area is 152 Å². The van der Waals surface area contributed by atoms with E-state index in [1.54, 1.807) is 0 Å². The van der Waals surface area contributed by atoms with Gasteiger partial charge in [-0.15, -0.1) is 0 Å². The van der Waals surface area contributed by atoms with Crippen molar-refractivity contribution in [1.82, 2.24) is 0 Å². The molecule has 0 spiro atoms.